The van der Waals surface area contributed by atoms with Crippen molar-refractivity contribution < 1.29 is 9.72 Å². The molecule has 0 aliphatic rings. The molecule has 0 spiro atoms. The number of likely N-dealkylation sites (N-methyl/N-ethyl adjacent to an activating group) is 1. The molecular weight excluding hydrogens is 282 g/mol. The van der Waals surface area contributed by atoms with Crippen LogP contribution in [0.25, 0.3) is 0 Å². The molecule has 22 heavy (non-hydrogen) atoms. The van der Waals surface area contributed by atoms with Gasteiger partial charge in [0, 0.05) is 30.6 Å². The molecule has 0 aliphatic heterocycles. The average molecular weight is 299 g/mol. The predicted molar refractivity (Wildman–Crippen MR) is 86.2 cm³/mol. The number of nitro groups is 1. The first-order valence-corrected chi connectivity index (χ1v) is 6.79. The SMILES string of the molecule is Cc1ccc([N+](=O)[O-])cc1NCC(=O)N(C)c1ccccc1. The quantitative estimate of drug-likeness (QED) is 0.680. The van der Waals surface area contributed by atoms with Gasteiger partial charge in [-0.3, -0.25) is 14.9 Å². The number of amides is 1. The molecule has 6 nitrogen and oxygen atoms in total. The number of nitro benzene ring substituents is 1. The van der Waals surface area contributed by atoms with Crippen molar-refractivity contribution in [3.8, 4) is 0 Å². The molecule has 0 aliphatic carbocycles. The lowest BCUT2D eigenvalue weighted by molar-refractivity contribution is -0.384. The lowest BCUT2D eigenvalue weighted by atomic mass is 10.2. The fraction of sp³-hybridized carbons (Fsp3) is 0.188. The van der Waals surface area contributed by atoms with E-state index in [0.29, 0.717) is 5.69 Å². The zero-order valence-electron chi connectivity index (χ0n) is 12.4. The summed E-state index contributed by atoms with van der Waals surface area (Å²) >= 11 is 0. The minimum Gasteiger partial charge on any atom is -0.376 e. The Bertz CT molecular complexity index is 686. The van der Waals surface area contributed by atoms with Crippen LogP contribution in [-0.2, 0) is 4.79 Å². The first-order valence-electron chi connectivity index (χ1n) is 6.79. The summed E-state index contributed by atoms with van der Waals surface area (Å²) in [6.45, 7) is 1.89. The molecule has 1 N–H and O–H groups in total. The van der Waals surface area contributed by atoms with Crippen LogP contribution in [0.2, 0.25) is 0 Å². The normalized spacial score (nSPS) is 10.1. The monoisotopic (exact) mass is 299 g/mol. The van der Waals surface area contributed by atoms with E-state index in [2.05, 4.69) is 5.32 Å². The molecule has 6 heteroatoms. The maximum Gasteiger partial charge on any atom is 0.271 e. The average Bonchev–Trinajstić information content (AvgIpc) is 2.53. The molecule has 2 aromatic rings. The smallest absolute Gasteiger partial charge is 0.271 e. The van der Waals surface area contributed by atoms with Crippen LogP contribution in [0.3, 0.4) is 0 Å². The summed E-state index contributed by atoms with van der Waals surface area (Å²) in [7, 11) is 1.69. The minimum atomic E-state index is -0.456. The first kappa shape index (κ1) is 15.5. The number of nitrogens with zero attached hydrogens (tertiary/aromatic N) is 2. The van der Waals surface area contributed by atoms with E-state index in [1.165, 1.54) is 12.1 Å². The second-order valence-electron chi connectivity index (χ2n) is 4.90. The molecule has 2 aromatic carbocycles. The molecule has 0 unspecified atom stereocenters. The summed E-state index contributed by atoms with van der Waals surface area (Å²) in [5.41, 5.74) is 2.23. The van der Waals surface area contributed by atoms with Crippen LogP contribution in [0.5, 0.6) is 0 Å². The molecule has 0 bridgehead atoms. The number of hydrogen-bond acceptors (Lipinski definition) is 4. The highest BCUT2D eigenvalue weighted by Crippen LogP contribution is 2.21. The van der Waals surface area contributed by atoms with Crippen molar-refractivity contribution >= 4 is 23.0 Å². The standard InChI is InChI=1S/C16H17N3O3/c1-12-8-9-14(19(21)22)10-15(12)17-11-16(20)18(2)13-6-4-3-5-7-13/h3-10,17H,11H2,1-2H3. The van der Waals surface area contributed by atoms with Gasteiger partial charge in [-0.15, -0.1) is 0 Å². The van der Waals surface area contributed by atoms with Crippen molar-refractivity contribution in [1.82, 2.24) is 0 Å². The lowest BCUT2D eigenvalue weighted by Gasteiger charge is -2.18. The highest BCUT2D eigenvalue weighted by atomic mass is 16.6. The molecular formula is C16H17N3O3. The summed E-state index contributed by atoms with van der Waals surface area (Å²) in [4.78, 5) is 24.1. The second kappa shape index (κ2) is 6.71. The zero-order valence-corrected chi connectivity index (χ0v) is 12.4. The van der Waals surface area contributed by atoms with E-state index in [4.69, 9.17) is 0 Å². The number of non-ortho nitro benzene ring substituents is 1. The molecule has 1 amide bonds. The van der Waals surface area contributed by atoms with Crippen LogP contribution in [0.1, 0.15) is 5.56 Å². The number of aryl methyl sites for hydroxylation is 1. The fourth-order valence-electron chi connectivity index (χ4n) is 2.00. The van der Waals surface area contributed by atoms with Crippen LogP contribution in [0, 0.1) is 17.0 Å². The topological polar surface area (TPSA) is 75.5 Å². The predicted octanol–water partition coefficient (Wildman–Crippen LogP) is 2.98. The molecule has 0 saturated heterocycles. The van der Waals surface area contributed by atoms with Gasteiger partial charge >= 0.3 is 0 Å². The lowest BCUT2D eigenvalue weighted by Crippen LogP contribution is -2.32. The van der Waals surface area contributed by atoms with E-state index in [0.717, 1.165) is 11.3 Å². The Morgan fingerprint density at radius 1 is 1.23 bits per heavy atom. The van der Waals surface area contributed by atoms with Crippen LogP contribution in [0.4, 0.5) is 17.1 Å². The summed E-state index contributed by atoms with van der Waals surface area (Å²) in [5, 5.41) is 13.8. The van der Waals surface area contributed by atoms with E-state index in [1.54, 1.807) is 18.0 Å². The van der Waals surface area contributed by atoms with Gasteiger partial charge in [0.25, 0.3) is 5.69 Å². The maximum atomic E-state index is 12.2. The van der Waals surface area contributed by atoms with E-state index >= 15 is 0 Å². The Kier molecular flexibility index (Phi) is 4.73. The summed E-state index contributed by atoms with van der Waals surface area (Å²) in [6.07, 6.45) is 0. The van der Waals surface area contributed by atoms with Crippen molar-refractivity contribution in [3.63, 3.8) is 0 Å². The van der Waals surface area contributed by atoms with Gasteiger partial charge in [-0.1, -0.05) is 24.3 Å². The highest BCUT2D eigenvalue weighted by Gasteiger charge is 2.12. The van der Waals surface area contributed by atoms with Crippen molar-refractivity contribution in [2.45, 2.75) is 6.92 Å². The van der Waals surface area contributed by atoms with Crippen LogP contribution in [0.15, 0.2) is 48.5 Å². The third-order valence-corrected chi connectivity index (χ3v) is 3.38. The maximum absolute atomic E-state index is 12.2. The third kappa shape index (κ3) is 3.60. The Morgan fingerprint density at radius 2 is 1.91 bits per heavy atom. The summed E-state index contributed by atoms with van der Waals surface area (Å²) in [5.74, 6) is -0.128. The molecule has 0 heterocycles. The molecule has 114 valence electrons. The number of carbonyl (C=O) groups excluding carboxylic acids is 1. The van der Waals surface area contributed by atoms with E-state index in [-0.39, 0.29) is 18.1 Å². The Morgan fingerprint density at radius 3 is 2.55 bits per heavy atom. The zero-order chi connectivity index (χ0) is 16.1. The number of anilines is 2. The number of nitrogens with one attached hydrogen (secondary N) is 1. The van der Waals surface area contributed by atoms with Crippen LogP contribution >= 0.6 is 0 Å². The largest absolute Gasteiger partial charge is 0.376 e. The van der Waals surface area contributed by atoms with Crippen molar-refractivity contribution in [3.05, 3.63) is 64.2 Å². The molecule has 0 radical (unpaired) electrons. The van der Waals surface area contributed by atoms with Gasteiger partial charge in [-0.05, 0) is 24.6 Å². The number of para-hydroxylation sites is 1. The van der Waals surface area contributed by atoms with Crippen molar-refractivity contribution in [2.75, 3.05) is 23.8 Å². The van der Waals surface area contributed by atoms with Gasteiger partial charge in [0.05, 0.1) is 11.5 Å². The van der Waals surface area contributed by atoms with Gasteiger partial charge in [-0.25, -0.2) is 0 Å². The summed E-state index contributed by atoms with van der Waals surface area (Å²) in [6, 6.07) is 13.8. The van der Waals surface area contributed by atoms with E-state index < -0.39 is 4.92 Å². The Balaban J connectivity index is 2.05. The number of carbonyl (C=O) groups is 1. The molecule has 0 aromatic heterocycles. The number of hydrogen-bond donors (Lipinski definition) is 1. The Labute approximate surface area is 128 Å². The van der Waals surface area contributed by atoms with E-state index in [1.807, 2.05) is 37.3 Å². The van der Waals surface area contributed by atoms with Gasteiger partial charge in [0.1, 0.15) is 0 Å². The van der Waals surface area contributed by atoms with Crippen LogP contribution in [-0.4, -0.2) is 24.4 Å². The van der Waals surface area contributed by atoms with Crippen LogP contribution < -0.4 is 10.2 Å². The van der Waals surface area contributed by atoms with Gasteiger partial charge in [0.2, 0.25) is 5.91 Å². The fourth-order valence-corrected chi connectivity index (χ4v) is 2.00. The van der Waals surface area contributed by atoms with Gasteiger partial charge in [-0.2, -0.15) is 0 Å². The second-order valence-corrected chi connectivity index (χ2v) is 4.90. The third-order valence-electron chi connectivity index (χ3n) is 3.38. The number of benzene rings is 2. The van der Waals surface area contributed by atoms with Crippen molar-refractivity contribution in [2.24, 2.45) is 0 Å². The van der Waals surface area contributed by atoms with E-state index in [9.17, 15) is 14.9 Å². The molecule has 0 fully saturated rings. The first-order chi connectivity index (χ1) is 10.5. The summed E-state index contributed by atoms with van der Waals surface area (Å²) < 4.78 is 0. The minimum absolute atomic E-state index is 0.00281. The molecule has 0 saturated carbocycles. The Hall–Kier alpha value is -2.89. The highest BCUT2D eigenvalue weighted by molar-refractivity contribution is 5.95. The van der Waals surface area contributed by atoms with Gasteiger partial charge < -0.3 is 10.2 Å². The molecule has 0 atom stereocenters. The van der Waals surface area contributed by atoms with Crippen molar-refractivity contribution in [1.29, 1.82) is 0 Å². The molecule has 2 rings (SSSR count). The van der Waals surface area contributed by atoms with Gasteiger partial charge in [0.15, 0.2) is 0 Å². The number of rotatable bonds is 5.